The first-order chi connectivity index (χ1) is 12.8. The first kappa shape index (κ1) is 17.5. The van der Waals surface area contributed by atoms with Gasteiger partial charge in [-0.3, -0.25) is 14.2 Å². The van der Waals surface area contributed by atoms with E-state index in [9.17, 15) is 22.4 Å². The zero-order chi connectivity index (χ0) is 19.2. The molecule has 3 aromatic rings. The van der Waals surface area contributed by atoms with Gasteiger partial charge in [0, 0.05) is 5.56 Å². The van der Waals surface area contributed by atoms with Crippen molar-refractivity contribution >= 4 is 26.7 Å². The molecule has 0 radical (unpaired) electrons. The number of Topliss-reactive ketones (excluding diaryl/α,β-unsaturated/α-hetero) is 1. The molecular weight excluding hydrogens is 375 g/mol. The maximum atomic E-state index is 13.0. The number of hydrogen-bond acceptors (Lipinski definition) is 6. The van der Waals surface area contributed by atoms with Crippen molar-refractivity contribution in [2.45, 2.75) is 19.0 Å². The normalized spacial score (nSPS) is 18.8. The highest BCUT2D eigenvalue weighted by Gasteiger charge is 2.31. The second-order valence-corrected chi connectivity index (χ2v) is 8.72. The quantitative estimate of drug-likeness (QED) is 0.615. The van der Waals surface area contributed by atoms with Crippen LogP contribution in [0, 0.1) is 5.82 Å². The van der Waals surface area contributed by atoms with Crippen molar-refractivity contribution in [1.29, 1.82) is 0 Å². The minimum Gasteiger partial charge on any atom is -0.292 e. The van der Waals surface area contributed by atoms with Crippen LogP contribution in [-0.2, 0) is 16.4 Å². The van der Waals surface area contributed by atoms with E-state index in [1.54, 1.807) is 0 Å². The summed E-state index contributed by atoms with van der Waals surface area (Å²) in [5.74, 6) is -0.750. The summed E-state index contributed by atoms with van der Waals surface area (Å²) in [6, 6.07) is 4.71. The van der Waals surface area contributed by atoms with E-state index < -0.39 is 21.2 Å². The van der Waals surface area contributed by atoms with E-state index in [0.717, 1.165) is 4.57 Å². The average molecular weight is 390 g/mol. The minimum atomic E-state index is -3.10. The number of halogens is 1. The van der Waals surface area contributed by atoms with Gasteiger partial charge in [0.25, 0.3) is 5.56 Å². The van der Waals surface area contributed by atoms with Crippen molar-refractivity contribution in [3.05, 3.63) is 58.5 Å². The van der Waals surface area contributed by atoms with E-state index in [1.165, 1.54) is 41.5 Å². The fourth-order valence-corrected chi connectivity index (χ4v) is 4.89. The van der Waals surface area contributed by atoms with E-state index in [1.807, 2.05) is 0 Å². The van der Waals surface area contributed by atoms with Gasteiger partial charge in [-0.05, 0) is 30.7 Å². The van der Waals surface area contributed by atoms with Gasteiger partial charge in [0.15, 0.2) is 21.3 Å². The summed E-state index contributed by atoms with van der Waals surface area (Å²) in [6.45, 7) is -0.240. The van der Waals surface area contributed by atoms with Gasteiger partial charge in [0.05, 0.1) is 30.3 Å². The second-order valence-electron chi connectivity index (χ2n) is 6.49. The summed E-state index contributed by atoms with van der Waals surface area (Å²) in [5.41, 5.74) is 0.144. The number of carbonyl (C=O) groups is 1. The fraction of sp³-hybridized carbons (Fsp3) is 0.294. The van der Waals surface area contributed by atoms with Crippen molar-refractivity contribution in [1.82, 2.24) is 19.3 Å². The SMILES string of the molecule is O=C(Cn1cnc2c(cnn2[C@H]2CCS(=O)(=O)C2)c1=O)c1ccc(F)cc1. The van der Waals surface area contributed by atoms with Crippen LogP contribution in [-0.4, -0.2) is 45.0 Å². The topological polar surface area (TPSA) is 104 Å². The van der Waals surface area contributed by atoms with E-state index in [0.29, 0.717) is 12.1 Å². The minimum absolute atomic E-state index is 0.0302. The van der Waals surface area contributed by atoms with Crippen LogP contribution in [0.15, 0.2) is 41.6 Å². The Morgan fingerprint density at radius 1 is 1.26 bits per heavy atom. The number of rotatable bonds is 4. The molecule has 1 fully saturated rings. The summed E-state index contributed by atoms with van der Waals surface area (Å²) in [6.07, 6.45) is 3.01. The lowest BCUT2D eigenvalue weighted by atomic mass is 10.1. The smallest absolute Gasteiger partial charge is 0.264 e. The highest BCUT2D eigenvalue weighted by Crippen LogP contribution is 2.25. The molecule has 1 aromatic carbocycles. The number of fused-ring (bicyclic) bond motifs is 1. The van der Waals surface area contributed by atoms with Gasteiger partial charge in [0.1, 0.15) is 17.5 Å². The molecule has 1 saturated heterocycles. The van der Waals surface area contributed by atoms with Crippen molar-refractivity contribution in [3.8, 4) is 0 Å². The van der Waals surface area contributed by atoms with E-state index in [-0.39, 0.29) is 40.8 Å². The van der Waals surface area contributed by atoms with Crippen LogP contribution >= 0.6 is 0 Å². The van der Waals surface area contributed by atoms with Crippen LogP contribution in [0.2, 0.25) is 0 Å². The first-order valence-electron chi connectivity index (χ1n) is 8.26. The van der Waals surface area contributed by atoms with E-state index >= 15 is 0 Å². The second kappa shape index (κ2) is 6.38. The summed E-state index contributed by atoms with van der Waals surface area (Å²) in [5, 5.41) is 4.36. The largest absolute Gasteiger partial charge is 0.292 e. The number of hydrogen-bond donors (Lipinski definition) is 0. The Bertz CT molecular complexity index is 1200. The van der Waals surface area contributed by atoms with E-state index in [2.05, 4.69) is 10.1 Å². The number of nitrogens with zero attached hydrogens (tertiary/aromatic N) is 4. The Kier molecular flexibility index (Phi) is 4.14. The molecule has 1 atom stereocenters. The Balaban J connectivity index is 1.64. The molecule has 2 aromatic heterocycles. The lowest BCUT2D eigenvalue weighted by Crippen LogP contribution is -2.25. The van der Waals surface area contributed by atoms with Crippen LogP contribution in [0.1, 0.15) is 22.8 Å². The zero-order valence-electron chi connectivity index (χ0n) is 14.1. The summed E-state index contributed by atoms with van der Waals surface area (Å²) >= 11 is 0. The zero-order valence-corrected chi connectivity index (χ0v) is 14.9. The Morgan fingerprint density at radius 2 is 2.00 bits per heavy atom. The van der Waals surface area contributed by atoms with Gasteiger partial charge in [-0.25, -0.2) is 22.5 Å². The summed E-state index contributed by atoms with van der Waals surface area (Å²) < 4.78 is 39.0. The molecule has 0 N–H and O–H groups in total. The standard InChI is InChI=1S/C17H15FN4O4S/c18-12-3-1-11(2-4-12)15(23)8-21-10-19-16-14(17(21)24)7-20-22(16)13-5-6-27(25,26)9-13/h1-4,7,10,13H,5-6,8-9H2/t13-/m0/s1. The molecule has 8 nitrogen and oxygen atoms in total. The first-order valence-corrected chi connectivity index (χ1v) is 10.1. The van der Waals surface area contributed by atoms with Crippen molar-refractivity contribution in [2.24, 2.45) is 0 Å². The molecule has 27 heavy (non-hydrogen) atoms. The maximum Gasteiger partial charge on any atom is 0.264 e. The van der Waals surface area contributed by atoms with Gasteiger partial charge < -0.3 is 0 Å². The molecule has 1 aliphatic rings. The van der Waals surface area contributed by atoms with Crippen molar-refractivity contribution in [3.63, 3.8) is 0 Å². The fourth-order valence-electron chi connectivity index (χ4n) is 3.20. The average Bonchev–Trinajstić information content (AvgIpc) is 3.21. The van der Waals surface area contributed by atoms with Gasteiger partial charge in [0.2, 0.25) is 0 Å². The van der Waals surface area contributed by atoms with Gasteiger partial charge in [-0.1, -0.05) is 0 Å². The Labute approximate surface area is 153 Å². The van der Waals surface area contributed by atoms with Crippen LogP contribution in [0.5, 0.6) is 0 Å². The maximum absolute atomic E-state index is 13.0. The number of sulfone groups is 1. The molecule has 0 bridgehead atoms. The molecule has 0 aliphatic carbocycles. The van der Waals surface area contributed by atoms with E-state index in [4.69, 9.17) is 0 Å². The predicted octanol–water partition coefficient (Wildman–Crippen LogP) is 0.975. The van der Waals surface area contributed by atoms with Gasteiger partial charge in [-0.15, -0.1) is 0 Å². The van der Waals surface area contributed by atoms with Crippen LogP contribution < -0.4 is 5.56 Å². The number of benzene rings is 1. The highest BCUT2D eigenvalue weighted by molar-refractivity contribution is 7.91. The third kappa shape index (κ3) is 3.27. The Morgan fingerprint density at radius 3 is 2.67 bits per heavy atom. The van der Waals surface area contributed by atoms with Gasteiger partial charge in [-0.2, -0.15) is 5.10 Å². The van der Waals surface area contributed by atoms with Crippen LogP contribution in [0.3, 0.4) is 0 Å². The summed E-state index contributed by atoms with van der Waals surface area (Å²) in [7, 11) is -3.10. The van der Waals surface area contributed by atoms with Crippen molar-refractivity contribution in [2.75, 3.05) is 11.5 Å². The molecule has 0 saturated carbocycles. The molecule has 0 spiro atoms. The third-order valence-electron chi connectivity index (χ3n) is 4.61. The van der Waals surface area contributed by atoms with Gasteiger partial charge >= 0.3 is 0 Å². The summed E-state index contributed by atoms with van der Waals surface area (Å²) in [4.78, 5) is 29.2. The molecule has 4 rings (SSSR count). The van der Waals surface area contributed by atoms with Crippen molar-refractivity contribution < 1.29 is 17.6 Å². The monoisotopic (exact) mass is 390 g/mol. The predicted molar refractivity (Wildman–Crippen MR) is 94.8 cm³/mol. The third-order valence-corrected chi connectivity index (χ3v) is 6.36. The molecule has 10 heteroatoms. The number of ketones is 1. The molecule has 1 aliphatic heterocycles. The number of carbonyl (C=O) groups excluding carboxylic acids is 1. The lowest BCUT2D eigenvalue weighted by molar-refractivity contribution is 0.0970. The molecule has 3 heterocycles. The number of aromatic nitrogens is 4. The Hall–Kier alpha value is -2.88. The molecule has 140 valence electrons. The van der Waals surface area contributed by atoms with Crippen LogP contribution in [0.4, 0.5) is 4.39 Å². The van der Waals surface area contributed by atoms with Crippen LogP contribution in [0.25, 0.3) is 11.0 Å². The molecule has 0 amide bonds. The lowest BCUT2D eigenvalue weighted by Gasteiger charge is -2.10. The molecular formula is C17H15FN4O4S. The highest BCUT2D eigenvalue weighted by atomic mass is 32.2. The molecule has 0 unspecified atom stereocenters.